The maximum Gasteiger partial charge on any atom is 0.209 e. The van der Waals surface area contributed by atoms with Gasteiger partial charge in [-0.25, -0.2) is 13.1 Å². The van der Waals surface area contributed by atoms with Gasteiger partial charge < -0.3 is 4.90 Å². The minimum Gasteiger partial charge on any atom is -0.303 e. The smallest absolute Gasteiger partial charge is 0.209 e. The Labute approximate surface area is 164 Å². The Morgan fingerprint density at radius 2 is 1.96 bits per heavy atom. The second kappa shape index (κ2) is 6.43. The molecule has 148 valence electrons. The summed E-state index contributed by atoms with van der Waals surface area (Å²) in [5.74, 6) is 2.52. The molecule has 0 unspecified atom stereocenters. The SMILES string of the molecule is CS(=O)(=O)N[C@H]1CC2(CCN(C[C@H]3C[C@H]4C=C[C@H]3C4)CC2)c2ccccc21.[HH]. The molecule has 4 nitrogen and oxygen atoms in total. The third-order valence-electron chi connectivity index (χ3n) is 7.58. The van der Waals surface area contributed by atoms with Crippen molar-refractivity contribution in [1.29, 1.82) is 0 Å². The molecule has 5 rings (SSSR count). The Hall–Kier alpha value is -1.17. The average Bonchev–Trinajstić information content (AvgIpc) is 3.31. The molecule has 4 atom stereocenters. The summed E-state index contributed by atoms with van der Waals surface area (Å²) in [6.07, 6.45) is 12.1. The molecule has 3 aliphatic carbocycles. The average molecular weight is 389 g/mol. The first-order valence-electron chi connectivity index (χ1n) is 10.4. The molecule has 5 heteroatoms. The van der Waals surface area contributed by atoms with Gasteiger partial charge in [0.05, 0.1) is 6.26 Å². The molecular weight excluding hydrogens is 356 g/mol. The molecule has 1 aliphatic heterocycles. The molecule has 4 aliphatic rings. The fraction of sp³-hybridized carbons (Fsp3) is 0.636. The van der Waals surface area contributed by atoms with Crippen LogP contribution in [0.25, 0.3) is 0 Å². The van der Waals surface area contributed by atoms with E-state index in [9.17, 15) is 8.42 Å². The van der Waals surface area contributed by atoms with Gasteiger partial charge in [-0.1, -0.05) is 36.4 Å². The first-order valence-corrected chi connectivity index (χ1v) is 12.3. The molecule has 0 radical (unpaired) electrons. The van der Waals surface area contributed by atoms with Gasteiger partial charge in [0.1, 0.15) is 0 Å². The van der Waals surface area contributed by atoms with Crippen LogP contribution < -0.4 is 4.72 Å². The number of fused-ring (bicyclic) bond motifs is 4. The van der Waals surface area contributed by atoms with E-state index in [4.69, 9.17) is 0 Å². The number of nitrogens with zero attached hydrogens (tertiary/aromatic N) is 1. The maximum absolute atomic E-state index is 11.9. The summed E-state index contributed by atoms with van der Waals surface area (Å²) in [5.41, 5.74) is 2.72. The van der Waals surface area contributed by atoms with Crippen LogP contribution in [0.4, 0.5) is 0 Å². The van der Waals surface area contributed by atoms with Crippen molar-refractivity contribution < 1.29 is 9.84 Å². The molecule has 27 heavy (non-hydrogen) atoms. The van der Waals surface area contributed by atoms with Gasteiger partial charge in [0.2, 0.25) is 10.0 Å². The van der Waals surface area contributed by atoms with E-state index in [1.807, 2.05) is 6.07 Å². The summed E-state index contributed by atoms with van der Waals surface area (Å²) in [6.45, 7) is 3.52. The zero-order valence-corrected chi connectivity index (χ0v) is 16.9. The number of benzene rings is 1. The van der Waals surface area contributed by atoms with Gasteiger partial charge in [-0.2, -0.15) is 0 Å². The Balaban J connectivity index is 0.00000192. The van der Waals surface area contributed by atoms with Crippen LogP contribution in [0.5, 0.6) is 0 Å². The summed E-state index contributed by atoms with van der Waals surface area (Å²) in [7, 11) is -3.20. The lowest BCUT2D eigenvalue weighted by molar-refractivity contribution is 0.129. The van der Waals surface area contributed by atoms with E-state index in [1.54, 1.807) is 0 Å². The maximum atomic E-state index is 11.9. The fourth-order valence-corrected chi connectivity index (χ4v) is 7.06. The van der Waals surface area contributed by atoms with Crippen molar-refractivity contribution in [2.75, 3.05) is 25.9 Å². The Kier molecular flexibility index (Phi) is 4.26. The minimum atomic E-state index is -3.20. The molecule has 1 saturated carbocycles. The van der Waals surface area contributed by atoms with Crippen LogP contribution in [-0.4, -0.2) is 39.2 Å². The molecular formula is C22H32N2O2S. The van der Waals surface area contributed by atoms with Crippen molar-refractivity contribution in [1.82, 2.24) is 9.62 Å². The predicted octanol–water partition coefficient (Wildman–Crippen LogP) is 3.47. The van der Waals surface area contributed by atoms with Crippen molar-refractivity contribution in [3.05, 3.63) is 47.5 Å². The Morgan fingerprint density at radius 3 is 2.63 bits per heavy atom. The van der Waals surface area contributed by atoms with Crippen LogP contribution in [0.2, 0.25) is 0 Å². The van der Waals surface area contributed by atoms with E-state index in [2.05, 4.69) is 40.0 Å². The third-order valence-corrected chi connectivity index (χ3v) is 8.29. The first-order chi connectivity index (χ1) is 12.9. The quantitative estimate of drug-likeness (QED) is 0.804. The van der Waals surface area contributed by atoms with Gasteiger partial charge >= 0.3 is 0 Å². The second-order valence-corrected chi connectivity index (χ2v) is 11.1. The van der Waals surface area contributed by atoms with Gasteiger partial charge in [-0.3, -0.25) is 0 Å². The van der Waals surface area contributed by atoms with Crippen LogP contribution in [0.1, 0.15) is 50.7 Å². The lowest BCUT2D eigenvalue weighted by Crippen LogP contribution is -2.44. The summed E-state index contributed by atoms with van der Waals surface area (Å²) in [5, 5.41) is 0. The fourth-order valence-electron chi connectivity index (χ4n) is 6.33. The number of nitrogens with one attached hydrogen (secondary N) is 1. The zero-order chi connectivity index (χ0) is 18.6. The molecule has 1 N–H and O–H groups in total. The first kappa shape index (κ1) is 17.9. The van der Waals surface area contributed by atoms with Crippen LogP contribution in [0.3, 0.4) is 0 Å². The van der Waals surface area contributed by atoms with Gasteiger partial charge in [-0.15, -0.1) is 0 Å². The minimum absolute atomic E-state index is 0. The van der Waals surface area contributed by atoms with Crippen LogP contribution in [-0.2, 0) is 15.4 Å². The van der Waals surface area contributed by atoms with Crippen molar-refractivity contribution in [3.63, 3.8) is 0 Å². The van der Waals surface area contributed by atoms with Crippen LogP contribution >= 0.6 is 0 Å². The van der Waals surface area contributed by atoms with Gasteiger partial charge in [0, 0.05) is 14.0 Å². The molecule has 2 fully saturated rings. The lowest BCUT2D eigenvalue weighted by Gasteiger charge is -2.41. The summed E-state index contributed by atoms with van der Waals surface area (Å²) >= 11 is 0. The second-order valence-electron chi connectivity index (χ2n) is 9.36. The number of rotatable bonds is 4. The highest BCUT2D eigenvalue weighted by Gasteiger charge is 2.46. The van der Waals surface area contributed by atoms with E-state index in [1.165, 1.54) is 36.8 Å². The Bertz CT molecular complexity index is 861. The topological polar surface area (TPSA) is 49.4 Å². The molecule has 0 amide bonds. The molecule has 1 heterocycles. The highest BCUT2D eigenvalue weighted by atomic mass is 32.2. The monoisotopic (exact) mass is 388 g/mol. The largest absolute Gasteiger partial charge is 0.303 e. The van der Waals surface area contributed by atoms with E-state index >= 15 is 0 Å². The molecule has 1 aromatic rings. The van der Waals surface area contributed by atoms with Crippen LogP contribution in [0.15, 0.2) is 36.4 Å². The lowest BCUT2D eigenvalue weighted by atomic mass is 9.73. The summed E-state index contributed by atoms with van der Waals surface area (Å²) in [4.78, 5) is 2.67. The third kappa shape index (κ3) is 3.28. The van der Waals surface area contributed by atoms with Gasteiger partial charge in [0.25, 0.3) is 0 Å². The zero-order valence-electron chi connectivity index (χ0n) is 16.1. The number of hydrogen-bond acceptors (Lipinski definition) is 3. The molecule has 1 spiro atoms. The number of allylic oxidation sites excluding steroid dienone is 2. The van der Waals surface area contributed by atoms with Crippen LogP contribution in [0, 0.1) is 17.8 Å². The highest BCUT2D eigenvalue weighted by molar-refractivity contribution is 7.88. The van der Waals surface area contributed by atoms with E-state index < -0.39 is 10.0 Å². The van der Waals surface area contributed by atoms with Crippen molar-refractivity contribution in [3.8, 4) is 0 Å². The predicted molar refractivity (Wildman–Crippen MR) is 110 cm³/mol. The summed E-state index contributed by atoms with van der Waals surface area (Å²) in [6, 6.07) is 8.42. The molecule has 1 saturated heterocycles. The van der Waals surface area contributed by atoms with Gasteiger partial charge in [-0.05, 0) is 79.5 Å². The molecule has 1 aromatic carbocycles. The van der Waals surface area contributed by atoms with Crippen molar-refractivity contribution in [2.45, 2.75) is 43.6 Å². The molecule has 0 aromatic heterocycles. The number of piperidine rings is 1. The van der Waals surface area contributed by atoms with E-state index in [0.29, 0.717) is 0 Å². The van der Waals surface area contributed by atoms with Crippen molar-refractivity contribution >= 4 is 10.0 Å². The van der Waals surface area contributed by atoms with E-state index in [0.717, 1.165) is 50.1 Å². The highest BCUT2D eigenvalue weighted by Crippen LogP contribution is 2.51. The number of sulfonamides is 1. The van der Waals surface area contributed by atoms with Gasteiger partial charge in [0.15, 0.2) is 0 Å². The summed E-state index contributed by atoms with van der Waals surface area (Å²) < 4.78 is 26.6. The van der Waals surface area contributed by atoms with Crippen molar-refractivity contribution in [2.24, 2.45) is 17.8 Å². The standard InChI is InChI=1S/C22H30N2O2S.H2/c1-27(25,26)23-21-14-22(20-5-3-2-4-19(20)21)8-10-24(11-9-22)15-18-13-16-6-7-17(18)12-16;/h2-7,16-18,21,23H,8-15H2,1H3;1H/t16-,17-,18+,21-;/m0./s1. The normalized spacial score (nSPS) is 34.4. The van der Waals surface area contributed by atoms with E-state index in [-0.39, 0.29) is 12.9 Å². The number of hydrogen-bond donors (Lipinski definition) is 1. The Morgan fingerprint density at radius 1 is 1.19 bits per heavy atom. The molecule has 2 bridgehead atoms. The number of likely N-dealkylation sites (tertiary alicyclic amines) is 1.